The molecule has 0 fully saturated rings. The third-order valence-corrected chi connectivity index (χ3v) is 2.52. The van der Waals surface area contributed by atoms with Crippen molar-refractivity contribution in [2.75, 3.05) is 0 Å². The summed E-state index contributed by atoms with van der Waals surface area (Å²) in [5, 5.41) is 0. The zero-order valence-electron chi connectivity index (χ0n) is 10.5. The highest BCUT2D eigenvalue weighted by Crippen LogP contribution is 1.99. The number of hydrogen-bond acceptors (Lipinski definition) is 3. The Hall–Kier alpha value is -2.46. The molecule has 0 saturated heterocycles. The third-order valence-electron chi connectivity index (χ3n) is 2.52. The second kappa shape index (κ2) is 6.47. The quantitative estimate of drug-likeness (QED) is 0.642. The molecule has 1 unspecified atom stereocenters. The monoisotopic (exact) mass is 252 g/mol. The van der Waals surface area contributed by atoms with Crippen LogP contribution in [0.2, 0.25) is 0 Å². The summed E-state index contributed by atoms with van der Waals surface area (Å²) in [7, 11) is 0. The van der Waals surface area contributed by atoms with Crippen LogP contribution < -0.4 is 11.5 Å². The van der Waals surface area contributed by atoms with Gasteiger partial charge in [-0.15, -0.1) is 0 Å². The van der Waals surface area contributed by atoms with Crippen molar-refractivity contribution in [1.82, 2.24) is 0 Å². The summed E-state index contributed by atoms with van der Waals surface area (Å²) < 4.78 is 0. The van der Waals surface area contributed by atoms with Crippen LogP contribution >= 0.6 is 0 Å². The van der Waals surface area contributed by atoms with Gasteiger partial charge in [-0.1, -0.05) is 60.7 Å². The van der Waals surface area contributed by atoms with E-state index in [9.17, 15) is 0 Å². The minimum absolute atomic E-state index is 0.387. The molecule has 0 aliphatic heterocycles. The van der Waals surface area contributed by atoms with Crippen molar-refractivity contribution in [2.45, 2.75) is 6.29 Å². The van der Waals surface area contributed by atoms with Gasteiger partial charge >= 0.3 is 0 Å². The predicted octanol–water partition coefficient (Wildman–Crippen LogP) is 1.75. The number of hydrogen-bond donors (Lipinski definition) is 2. The molecular formula is C15H16N4. The number of benzene rings is 2. The summed E-state index contributed by atoms with van der Waals surface area (Å²) in [6, 6.07) is 19.2. The number of amidine groups is 1. The van der Waals surface area contributed by atoms with Gasteiger partial charge in [0, 0.05) is 11.8 Å². The molecule has 0 bridgehead atoms. The molecule has 0 radical (unpaired) electrons. The maximum Gasteiger partial charge on any atom is 0.193 e. The summed E-state index contributed by atoms with van der Waals surface area (Å²) in [6.07, 6.45) is 0.993. The molecule has 2 aromatic rings. The van der Waals surface area contributed by atoms with E-state index in [0.29, 0.717) is 5.84 Å². The Kier molecular flexibility index (Phi) is 4.42. The summed E-state index contributed by atoms with van der Waals surface area (Å²) in [5.74, 6) is 0.387. The topological polar surface area (TPSA) is 76.8 Å². The van der Waals surface area contributed by atoms with E-state index in [-0.39, 0.29) is 0 Å². The van der Waals surface area contributed by atoms with Crippen LogP contribution in [0.5, 0.6) is 0 Å². The lowest BCUT2D eigenvalue weighted by molar-refractivity contribution is 0.757. The van der Waals surface area contributed by atoms with Gasteiger partial charge < -0.3 is 5.73 Å². The first kappa shape index (κ1) is 13.0. The Morgan fingerprint density at radius 3 is 2.16 bits per heavy atom. The molecule has 0 aromatic heterocycles. The van der Waals surface area contributed by atoms with Gasteiger partial charge in [0.2, 0.25) is 0 Å². The van der Waals surface area contributed by atoms with Gasteiger partial charge in [0.25, 0.3) is 0 Å². The van der Waals surface area contributed by atoms with Crippen molar-refractivity contribution in [2.24, 2.45) is 21.5 Å². The molecule has 0 amide bonds. The van der Waals surface area contributed by atoms with E-state index in [1.807, 2.05) is 60.7 Å². The Morgan fingerprint density at radius 2 is 1.53 bits per heavy atom. The van der Waals surface area contributed by atoms with E-state index in [2.05, 4.69) is 9.98 Å². The van der Waals surface area contributed by atoms with Crippen molar-refractivity contribution in [3.8, 4) is 0 Å². The summed E-state index contributed by atoms with van der Waals surface area (Å²) in [4.78, 5) is 8.28. The average Bonchev–Trinajstić information content (AvgIpc) is 2.47. The fraction of sp³-hybridized carbons (Fsp3) is 0.0667. The van der Waals surface area contributed by atoms with E-state index >= 15 is 0 Å². The Morgan fingerprint density at radius 1 is 0.947 bits per heavy atom. The lowest BCUT2D eigenvalue weighted by atomic mass is 10.2. The van der Waals surface area contributed by atoms with Gasteiger partial charge in [-0.25, -0.2) is 4.99 Å². The van der Waals surface area contributed by atoms with Crippen LogP contribution in [0.1, 0.15) is 11.1 Å². The van der Waals surface area contributed by atoms with Crippen molar-refractivity contribution in [3.63, 3.8) is 0 Å². The zero-order valence-corrected chi connectivity index (χ0v) is 10.5. The Bertz CT molecular complexity index is 561. The second-order valence-corrected chi connectivity index (χ2v) is 3.98. The maximum absolute atomic E-state index is 5.86. The molecule has 0 aliphatic carbocycles. The lowest BCUT2D eigenvalue weighted by Gasteiger charge is -2.04. The smallest absolute Gasteiger partial charge is 0.193 e. The molecule has 19 heavy (non-hydrogen) atoms. The van der Waals surface area contributed by atoms with Crippen molar-refractivity contribution >= 4 is 12.1 Å². The first-order valence-electron chi connectivity index (χ1n) is 5.98. The third kappa shape index (κ3) is 4.04. The van der Waals surface area contributed by atoms with Gasteiger partial charge in [-0.2, -0.15) is 0 Å². The van der Waals surface area contributed by atoms with Crippen LogP contribution in [0.25, 0.3) is 0 Å². The van der Waals surface area contributed by atoms with E-state index in [0.717, 1.165) is 11.1 Å². The number of rotatable bonds is 4. The van der Waals surface area contributed by atoms with E-state index in [4.69, 9.17) is 11.5 Å². The van der Waals surface area contributed by atoms with Gasteiger partial charge in [-0.3, -0.25) is 10.7 Å². The highest BCUT2D eigenvalue weighted by molar-refractivity contribution is 5.97. The van der Waals surface area contributed by atoms with Crippen molar-refractivity contribution in [1.29, 1.82) is 0 Å². The molecular weight excluding hydrogens is 236 g/mol. The van der Waals surface area contributed by atoms with Crippen molar-refractivity contribution < 1.29 is 0 Å². The van der Waals surface area contributed by atoms with Gasteiger partial charge in [0.1, 0.15) is 5.84 Å². The van der Waals surface area contributed by atoms with Crippen LogP contribution in [-0.2, 0) is 0 Å². The molecule has 0 aliphatic rings. The van der Waals surface area contributed by atoms with E-state index < -0.39 is 6.29 Å². The SMILES string of the molecule is NC(=NC(N)N=Cc1ccccc1)c1ccccc1. The second-order valence-electron chi connectivity index (χ2n) is 3.98. The highest BCUT2D eigenvalue weighted by atomic mass is 15.1. The lowest BCUT2D eigenvalue weighted by Crippen LogP contribution is -2.22. The first-order chi connectivity index (χ1) is 9.25. The highest BCUT2D eigenvalue weighted by Gasteiger charge is 1.99. The van der Waals surface area contributed by atoms with Crippen LogP contribution in [0, 0.1) is 0 Å². The Labute approximate surface area is 112 Å². The average molecular weight is 252 g/mol. The molecule has 2 aromatic carbocycles. The zero-order chi connectivity index (χ0) is 13.5. The molecule has 2 rings (SSSR count). The maximum atomic E-state index is 5.86. The van der Waals surface area contributed by atoms with Gasteiger partial charge in [-0.05, 0) is 5.56 Å². The summed E-state index contributed by atoms with van der Waals surface area (Å²) in [6.45, 7) is 0. The molecule has 4 heteroatoms. The molecule has 4 nitrogen and oxygen atoms in total. The number of nitrogens with zero attached hydrogens (tertiary/aromatic N) is 2. The molecule has 4 N–H and O–H groups in total. The van der Waals surface area contributed by atoms with Crippen LogP contribution in [0.15, 0.2) is 70.6 Å². The molecule has 96 valence electrons. The standard InChI is InChI=1S/C15H16N4/c16-14(13-9-5-2-6-10-13)19-15(17)18-11-12-7-3-1-4-8-12/h1-11,15H,17H2,(H2,16,19). The van der Waals surface area contributed by atoms with E-state index in [1.54, 1.807) is 6.21 Å². The van der Waals surface area contributed by atoms with Crippen LogP contribution in [0.4, 0.5) is 0 Å². The first-order valence-corrected chi connectivity index (χ1v) is 5.98. The fourth-order valence-corrected chi connectivity index (χ4v) is 1.56. The normalized spacial score (nSPS) is 13.6. The van der Waals surface area contributed by atoms with Gasteiger partial charge in [0.05, 0.1) is 0 Å². The van der Waals surface area contributed by atoms with Crippen LogP contribution in [0.3, 0.4) is 0 Å². The summed E-state index contributed by atoms with van der Waals surface area (Å²) >= 11 is 0. The molecule has 0 spiro atoms. The van der Waals surface area contributed by atoms with Gasteiger partial charge in [0.15, 0.2) is 6.29 Å². The summed E-state index contributed by atoms with van der Waals surface area (Å²) in [5.41, 5.74) is 13.5. The predicted molar refractivity (Wildman–Crippen MR) is 79.2 cm³/mol. The van der Waals surface area contributed by atoms with Crippen LogP contribution in [-0.4, -0.2) is 18.3 Å². The minimum Gasteiger partial charge on any atom is -0.383 e. The number of nitrogens with two attached hydrogens (primary N) is 2. The molecule has 0 saturated carbocycles. The molecule has 0 heterocycles. The molecule has 1 atom stereocenters. The largest absolute Gasteiger partial charge is 0.383 e. The van der Waals surface area contributed by atoms with E-state index in [1.165, 1.54) is 0 Å². The minimum atomic E-state index is -0.694. The Balaban J connectivity index is 2.05. The fourth-order valence-electron chi connectivity index (χ4n) is 1.56. The number of aliphatic imine (C=N–C) groups is 2. The van der Waals surface area contributed by atoms with Crippen molar-refractivity contribution in [3.05, 3.63) is 71.8 Å².